The van der Waals surface area contributed by atoms with E-state index in [4.69, 9.17) is 16.3 Å². The second-order valence-electron chi connectivity index (χ2n) is 6.69. The Bertz CT molecular complexity index is 1310. The van der Waals surface area contributed by atoms with E-state index in [1.807, 2.05) is 0 Å². The van der Waals surface area contributed by atoms with Gasteiger partial charge in [-0.1, -0.05) is 17.7 Å². The summed E-state index contributed by atoms with van der Waals surface area (Å²) in [5.41, 5.74) is 0.0143. The van der Waals surface area contributed by atoms with E-state index in [9.17, 15) is 19.2 Å². The molecule has 0 saturated heterocycles. The number of benzene rings is 1. The van der Waals surface area contributed by atoms with Crippen molar-refractivity contribution in [2.45, 2.75) is 20.4 Å². The minimum atomic E-state index is -0.807. The van der Waals surface area contributed by atoms with Crippen LogP contribution in [0.5, 0.6) is 0 Å². The number of amides is 1. The van der Waals surface area contributed by atoms with Crippen molar-refractivity contribution in [2.24, 2.45) is 7.05 Å². The molecule has 0 radical (unpaired) electrons. The number of pyridine rings is 1. The number of rotatable bonds is 4. The van der Waals surface area contributed by atoms with Crippen molar-refractivity contribution >= 4 is 40.2 Å². The van der Waals surface area contributed by atoms with Crippen LogP contribution in [0.4, 0.5) is 5.69 Å². The van der Waals surface area contributed by atoms with E-state index in [0.29, 0.717) is 22.0 Å². The number of carbonyl (C=O) groups excluding carboxylic acids is 2. The Hall–Kier alpha value is -3.46. The fourth-order valence-electron chi connectivity index (χ4n) is 3.09. The third-order valence-electron chi connectivity index (χ3n) is 4.67. The minimum Gasteiger partial charge on any atom is -0.465 e. The molecule has 2 aromatic heterocycles. The van der Waals surface area contributed by atoms with Crippen molar-refractivity contribution in [3.8, 4) is 0 Å². The van der Waals surface area contributed by atoms with Crippen LogP contribution in [0, 0.1) is 13.8 Å². The Morgan fingerprint density at radius 1 is 1.23 bits per heavy atom. The zero-order valence-electron chi connectivity index (χ0n) is 16.8. The number of anilines is 1. The molecule has 0 bridgehead atoms. The van der Waals surface area contributed by atoms with Crippen LogP contribution in [0.2, 0.25) is 5.02 Å². The first-order valence-corrected chi connectivity index (χ1v) is 9.28. The number of carbonyl (C=O) groups is 2. The molecule has 3 rings (SSSR count). The SMILES string of the molecule is COC(=O)c1cc(C)nc2c1c(=O)n(CC(=O)Nc1cccc(Cl)c1C)c(=O)n2C. The van der Waals surface area contributed by atoms with Crippen LogP contribution >= 0.6 is 11.6 Å². The molecule has 30 heavy (non-hydrogen) atoms. The molecule has 3 aromatic rings. The summed E-state index contributed by atoms with van der Waals surface area (Å²) in [7, 11) is 2.60. The van der Waals surface area contributed by atoms with Gasteiger partial charge in [-0.25, -0.2) is 14.6 Å². The average Bonchev–Trinajstić information content (AvgIpc) is 2.71. The fourth-order valence-corrected chi connectivity index (χ4v) is 3.26. The zero-order chi connectivity index (χ0) is 22.2. The predicted octanol–water partition coefficient (Wildman–Crippen LogP) is 1.79. The molecule has 0 aliphatic heterocycles. The van der Waals surface area contributed by atoms with Gasteiger partial charge < -0.3 is 10.1 Å². The lowest BCUT2D eigenvalue weighted by molar-refractivity contribution is -0.116. The number of halogens is 1. The van der Waals surface area contributed by atoms with Gasteiger partial charge in [-0.05, 0) is 37.6 Å². The number of aromatic nitrogens is 3. The molecule has 0 atom stereocenters. The summed E-state index contributed by atoms with van der Waals surface area (Å²) in [5, 5.41) is 3.01. The summed E-state index contributed by atoms with van der Waals surface area (Å²) in [6, 6.07) is 6.41. The number of methoxy groups -OCH3 is 1. The quantitative estimate of drug-likeness (QED) is 0.631. The van der Waals surface area contributed by atoms with Crippen molar-refractivity contribution < 1.29 is 14.3 Å². The Morgan fingerprint density at radius 3 is 2.60 bits per heavy atom. The largest absolute Gasteiger partial charge is 0.465 e. The van der Waals surface area contributed by atoms with Gasteiger partial charge in [0.2, 0.25) is 5.91 Å². The number of nitrogens with zero attached hydrogens (tertiary/aromatic N) is 3. The van der Waals surface area contributed by atoms with E-state index in [1.54, 1.807) is 32.0 Å². The Balaban J connectivity index is 2.12. The number of fused-ring (bicyclic) bond motifs is 1. The maximum atomic E-state index is 13.1. The topological polar surface area (TPSA) is 112 Å². The number of esters is 1. The normalized spacial score (nSPS) is 10.8. The highest BCUT2D eigenvalue weighted by Gasteiger charge is 2.22. The van der Waals surface area contributed by atoms with Crippen LogP contribution < -0.4 is 16.6 Å². The fraction of sp³-hybridized carbons (Fsp3) is 0.250. The Morgan fingerprint density at radius 2 is 1.93 bits per heavy atom. The number of hydrogen-bond acceptors (Lipinski definition) is 6. The second kappa shape index (κ2) is 8.11. The molecule has 2 heterocycles. The van der Waals surface area contributed by atoms with Gasteiger partial charge in [0.25, 0.3) is 5.56 Å². The number of ether oxygens (including phenoxy) is 1. The average molecular weight is 431 g/mol. The molecule has 0 fully saturated rings. The van der Waals surface area contributed by atoms with Gasteiger partial charge in [0.15, 0.2) is 0 Å². The van der Waals surface area contributed by atoms with E-state index < -0.39 is 29.7 Å². The predicted molar refractivity (Wildman–Crippen MR) is 112 cm³/mol. The van der Waals surface area contributed by atoms with Gasteiger partial charge in [-0.3, -0.25) is 18.7 Å². The molecule has 0 unspecified atom stereocenters. The van der Waals surface area contributed by atoms with Crippen molar-refractivity contribution in [1.29, 1.82) is 0 Å². The third-order valence-corrected chi connectivity index (χ3v) is 5.08. The second-order valence-corrected chi connectivity index (χ2v) is 7.10. The Labute approximate surface area is 175 Å². The molecule has 9 nitrogen and oxygen atoms in total. The molecular formula is C20H19ClN4O5. The van der Waals surface area contributed by atoms with Crippen LogP contribution in [-0.2, 0) is 23.1 Å². The summed E-state index contributed by atoms with van der Waals surface area (Å²) >= 11 is 6.06. The maximum Gasteiger partial charge on any atom is 0.338 e. The molecule has 1 aromatic carbocycles. The highest BCUT2D eigenvalue weighted by molar-refractivity contribution is 6.31. The van der Waals surface area contributed by atoms with Crippen LogP contribution in [-0.4, -0.2) is 33.1 Å². The Kier molecular flexibility index (Phi) is 5.75. The van der Waals surface area contributed by atoms with Crippen molar-refractivity contribution in [2.75, 3.05) is 12.4 Å². The van der Waals surface area contributed by atoms with E-state index in [1.165, 1.54) is 20.2 Å². The molecule has 10 heteroatoms. The molecule has 156 valence electrons. The molecule has 1 amide bonds. The van der Waals surface area contributed by atoms with E-state index in [0.717, 1.165) is 9.13 Å². The molecular weight excluding hydrogens is 412 g/mol. The van der Waals surface area contributed by atoms with Gasteiger partial charge in [0, 0.05) is 23.5 Å². The first-order chi connectivity index (χ1) is 14.1. The summed E-state index contributed by atoms with van der Waals surface area (Å²) in [5.74, 6) is -1.34. The number of nitrogens with one attached hydrogen (secondary N) is 1. The third kappa shape index (κ3) is 3.71. The highest BCUT2D eigenvalue weighted by Crippen LogP contribution is 2.22. The van der Waals surface area contributed by atoms with Gasteiger partial charge in [-0.15, -0.1) is 0 Å². The lowest BCUT2D eigenvalue weighted by Gasteiger charge is -2.13. The van der Waals surface area contributed by atoms with E-state index >= 15 is 0 Å². The van der Waals surface area contributed by atoms with Gasteiger partial charge in [0.05, 0.1) is 18.1 Å². The first kappa shape index (κ1) is 21.3. The van der Waals surface area contributed by atoms with Crippen molar-refractivity contribution in [3.05, 3.63) is 66.9 Å². The smallest absolute Gasteiger partial charge is 0.338 e. The molecule has 0 aliphatic rings. The van der Waals surface area contributed by atoms with Crippen LogP contribution in [0.15, 0.2) is 33.9 Å². The van der Waals surface area contributed by atoms with E-state index in [-0.39, 0.29) is 16.6 Å². The minimum absolute atomic E-state index is 0.0274. The summed E-state index contributed by atoms with van der Waals surface area (Å²) in [4.78, 5) is 54.8. The summed E-state index contributed by atoms with van der Waals surface area (Å²) < 4.78 is 6.62. The molecule has 0 saturated carbocycles. The standard InChI is InChI=1S/C20H19ClN4O5/c1-10-8-12(19(28)30-4)16-17(22-10)24(3)20(29)25(18(16)27)9-15(26)23-14-7-5-6-13(21)11(14)2/h5-8H,9H2,1-4H3,(H,23,26). The lowest BCUT2D eigenvalue weighted by atomic mass is 10.1. The van der Waals surface area contributed by atoms with Crippen LogP contribution in [0.25, 0.3) is 11.0 Å². The van der Waals surface area contributed by atoms with Crippen LogP contribution in [0.1, 0.15) is 21.6 Å². The summed E-state index contributed by atoms with van der Waals surface area (Å²) in [6.07, 6.45) is 0. The van der Waals surface area contributed by atoms with Gasteiger partial charge >= 0.3 is 11.7 Å². The zero-order valence-corrected chi connectivity index (χ0v) is 17.5. The van der Waals surface area contributed by atoms with Gasteiger partial charge in [0.1, 0.15) is 12.2 Å². The van der Waals surface area contributed by atoms with Gasteiger partial charge in [-0.2, -0.15) is 0 Å². The summed E-state index contributed by atoms with van der Waals surface area (Å²) in [6.45, 7) is 2.81. The first-order valence-electron chi connectivity index (χ1n) is 8.90. The maximum absolute atomic E-state index is 13.1. The van der Waals surface area contributed by atoms with Crippen LogP contribution in [0.3, 0.4) is 0 Å². The number of aryl methyl sites for hydroxylation is 2. The molecule has 1 N–H and O–H groups in total. The van der Waals surface area contributed by atoms with E-state index in [2.05, 4.69) is 10.3 Å². The highest BCUT2D eigenvalue weighted by atomic mass is 35.5. The van der Waals surface area contributed by atoms with Crippen molar-refractivity contribution in [1.82, 2.24) is 14.1 Å². The number of hydrogen-bond donors (Lipinski definition) is 1. The molecule has 0 aliphatic carbocycles. The monoisotopic (exact) mass is 430 g/mol. The lowest BCUT2D eigenvalue weighted by Crippen LogP contribution is -2.42. The molecule has 0 spiro atoms. The van der Waals surface area contributed by atoms with Crippen molar-refractivity contribution in [3.63, 3.8) is 0 Å².